The minimum absolute atomic E-state index is 0.193. The SMILES string of the molecule is CC1(C)c2ccccc2-c2cccc(N(c3ccc(-c4cccc5oc6ccccc6c45)cc3)c3ccc(-c4cccc5c4c4ccccc4n5-c4ccccc4)cc3)c21. The lowest BCUT2D eigenvalue weighted by Crippen LogP contribution is -2.20. The first-order chi connectivity index (χ1) is 29.5. The number of rotatable bonds is 6. The lowest BCUT2D eigenvalue weighted by Gasteiger charge is -2.32. The highest BCUT2D eigenvalue weighted by molar-refractivity contribution is 6.16. The first kappa shape index (κ1) is 34.4. The van der Waals surface area contributed by atoms with Crippen molar-refractivity contribution >= 4 is 60.8 Å². The van der Waals surface area contributed by atoms with Gasteiger partial charge in [0.05, 0.1) is 16.7 Å². The molecule has 0 fully saturated rings. The van der Waals surface area contributed by atoms with E-state index in [4.69, 9.17) is 4.42 Å². The van der Waals surface area contributed by atoms with Crippen LogP contribution in [0.25, 0.3) is 82.8 Å². The zero-order chi connectivity index (χ0) is 40.0. The molecule has 12 rings (SSSR count). The molecule has 0 radical (unpaired) electrons. The van der Waals surface area contributed by atoms with Crippen LogP contribution >= 0.6 is 0 Å². The molecular weight excluding hydrogens is 729 g/mol. The lowest BCUT2D eigenvalue weighted by atomic mass is 9.81. The van der Waals surface area contributed by atoms with Crippen molar-refractivity contribution in [2.75, 3.05) is 4.90 Å². The lowest BCUT2D eigenvalue weighted by molar-refractivity contribution is 0.661. The minimum atomic E-state index is -0.193. The van der Waals surface area contributed by atoms with Gasteiger partial charge in [0.15, 0.2) is 0 Å². The number of anilines is 3. The van der Waals surface area contributed by atoms with E-state index in [1.165, 1.54) is 66.4 Å². The number of furan rings is 1. The molecule has 2 heterocycles. The van der Waals surface area contributed by atoms with Crippen LogP contribution in [0, 0.1) is 0 Å². The van der Waals surface area contributed by atoms with E-state index in [9.17, 15) is 0 Å². The van der Waals surface area contributed by atoms with E-state index < -0.39 is 0 Å². The molecule has 284 valence electrons. The van der Waals surface area contributed by atoms with Gasteiger partial charge in [-0.2, -0.15) is 0 Å². The zero-order valence-corrected chi connectivity index (χ0v) is 33.4. The Hall–Kier alpha value is -7.62. The summed E-state index contributed by atoms with van der Waals surface area (Å²) in [7, 11) is 0. The molecule has 2 aromatic heterocycles. The van der Waals surface area contributed by atoms with Crippen LogP contribution in [0.4, 0.5) is 17.1 Å². The molecule has 1 aliphatic carbocycles. The van der Waals surface area contributed by atoms with Gasteiger partial charge < -0.3 is 13.9 Å². The van der Waals surface area contributed by atoms with E-state index in [0.29, 0.717) is 0 Å². The Balaban J connectivity index is 1.02. The molecule has 0 N–H and O–H groups in total. The molecule has 0 saturated carbocycles. The molecule has 0 spiro atoms. The van der Waals surface area contributed by atoms with Crippen molar-refractivity contribution in [1.29, 1.82) is 0 Å². The summed E-state index contributed by atoms with van der Waals surface area (Å²) in [5.74, 6) is 0. The molecule has 9 aromatic carbocycles. The summed E-state index contributed by atoms with van der Waals surface area (Å²) in [6, 6.07) is 74.8. The van der Waals surface area contributed by atoms with Crippen molar-refractivity contribution in [1.82, 2.24) is 4.57 Å². The highest BCUT2D eigenvalue weighted by Gasteiger charge is 2.38. The summed E-state index contributed by atoms with van der Waals surface area (Å²) in [5, 5.41) is 4.79. The predicted molar refractivity (Wildman–Crippen MR) is 251 cm³/mol. The van der Waals surface area contributed by atoms with Gasteiger partial charge in [0.2, 0.25) is 0 Å². The van der Waals surface area contributed by atoms with Gasteiger partial charge in [0.25, 0.3) is 0 Å². The van der Waals surface area contributed by atoms with E-state index in [-0.39, 0.29) is 5.41 Å². The summed E-state index contributed by atoms with van der Waals surface area (Å²) < 4.78 is 8.67. The Morgan fingerprint density at radius 2 is 0.967 bits per heavy atom. The summed E-state index contributed by atoms with van der Waals surface area (Å²) in [4.78, 5) is 2.45. The van der Waals surface area contributed by atoms with Crippen molar-refractivity contribution < 1.29 is 4.42 Å². The topological polar surface area (TPSA) is 21.3 Å². The van der Waals surface area contributed by atoms with E-state index >= 15 is 0 Å². The van der Waals surface area contributed by atoms with Crippen LogP contribution in [0.5, 0.6) is 0 Å². The van der Waals surface area contributed by atoms with Gasteiger partial charge in [0.1, 0.15) is 11.2 Å². The maximum atomic E-state index is 6.28. The highest BCUT2D eigenvalue weighted by Crippen LogP contribution is 2.54. The monoisotopic (exact) mass is 768 g/mol. The van der Waals surface area contributed by atoms with E-state index in [1.54, 1.807) is 0 Å². The smallest absolute Gasteiger partial charge is 0.136 e. The van der Waals surface area contributed by atoms with Gasteiger partial charge in [-0.05, 0) is 111 Å². The molecule has 3 nitrogen and oxygen atoms in total. The number of hydrogen-bond acceptors (Lipinski definition) is 2. The fraction of sp³-hybridized carbons (Fsp3) is 0.0526. The van der Waals surface area contributed by atoms with Gasteiger partial charge in [-0.1, -0.05) is 153 Å². The highest BCUT2D eigenvalue weighted by atomic mass is 16.3. The third kappa shape index (κ3) is 5.09. The summed E-state index contributed by atoms with van der Waals surface area (Å²) in [6.45, 7) is 4.74. The van der Waals surface area contributed by atoms with E-state index in [2.05, 4.69) is 217 Å². The number of nitrogens with zero attached hydrogens (tertiary/aromatic N) is 2. The second-order valence-electron chi connectivity index (χ2n) is 16.5. The van der Waals surface area contributed by atoms with Crippen LogP contribution in [0.1, 0.15) is 25.0 Å². The number of para-hydroxylation sites is 3. The average molecular weight is 769 g/mol. The average Bonchev–Trinajstić information content (AvgIpc) is 3.93. The summed E-state index contributed by atoms with van der Waals surface area (Å²) >= 11 is 0. The molecule has 0 amide bonds. The number of benzene rings is 9. The third-order valence-electron chi connectivity index (χ3n) is 12.8. The number of fused-ring (bicyclic) bond motifs is 9. The summed E-state index contributed by atoms with van der Waals surface area (Å²) in [6.07, 6.45) is 0. The summed E-state index contributed by atoms with van der Waals surface area (Å²) in [5.41, 5.74) is 18.6. The van der Waals surface area contributed by atoms with Crippen LogP contribution in [-0.2, 0) is 5.41 Å². The molecular formula is C57H40N2O. The standard InChI is InChI=1S/C57H40N2O/c1-57(2)48-23-9-6-17-44(48)45-22-13-26-51(56(45)57)58(41-35-31-38(32-36-41)43-21-14-28-53-55(43)47-19-8-11-27-52(47)60-53)40-33-29-37(30-34-40)42-20-12-25-50-54(42)46-18-7-10-24-49(46)59(50)39-15-4-3-5-16-39/h3-36H,1-2H3. The second-order valence-corrected chi connectivity index (χ2v) is 16.5. The van der Waals surface area contributed by atoms with Gasteiger partial charge in [-0.15, -0.1) is 0 Å². The molecule has 11 aromatic rings. The Labute approximate surface area is 349 Å². The predicted octanol–water partition coefficient (Wildman–Crippen LogP) is 15.8. The Morgan fingerprint density at radius 3 is 1.73 bits per heavy atom. The molecule has 1 aliphatic rings. The van der Waals surface area contributed by atoms with Crippen molar-refractivity contribution in [3.8, 4) is 39.1 Å². The number of aromatic nitrogens is 1. The second kappa shape index (κ2) is 13.2. The molecule has 0 unspecified atom stereocenters. The minimum Gasteiger partial charge on any atom is -0.456 e. The largest absolute Gasteiger partial charge is 0.456 e. The Morgan fingerprint density at radius 1 is 0.417 bits per heavy atom. The van der Waals surface area contributed by atoms with Crippen LogP contribution in [0.2, 0.25) is 0 Å². The van der Waals surface area contributed by atoms with Crippen molar-refractivity contribution in [3.05, 3.63) is 217 Å². The van der Waals surface area contributed by atoms with Crippen LogP contribution in [0.3, 0.4) is 0 Å². The zero-order valence-electron chi connectivity index (χ0n) is 33.4. The molecule has 3 heteroatoms. The van der Waals surface area contributed by atoms with Crippen molar-refractivity contribution in [2.24, 2.45) is 0 Å². The molecule has 0 atom stereocenters. The van der Waals surface area contributed by atoms with E-state index in [0.717, 1.165) is 44.6 Å². The maximum Gasteiger partial charge on any atom is 0.136 e. The normalized spacial score (nSPS) is 13.0. The third-order valence-corrected chi connectivity index (χ3v) is 12.8. The van der Waals surface area contributed by atoms with Crippen molar-refractivity contribution in [3.63, 3.8) is 0 Å². The van der Waals surface area contributed by atoms with Crippen LogP contribution < -0.4 is 4.90 Å². The quantitative estimate of drug-likeness (QED) is 0.168. The van der Waals surface area contributed by atoms with E-state index in [1.807, 2.05) is 12.1 Å². The molecule has 0 bridgehead atoms. The Bertz CT molecular complexity index is 3440. The maximum absolute atomic E-state index is 6.28. The molecule has 60 heavy (non-hydrogen) atoms. The fourth-order valence-corrected chi connectivity index (χ4v) is 10.1. The van der Waals surface area contributed by atoms with Crippen LogP contribution in [-0.4, -0.2) is 4.57 Å². The molecule has 0 saturated heterocycles. The first-order valence-corrected chi connectivity index (χ1v) is 20.8. The van der Waals surface area contributed by atoms with Gasteiger partial charge in [0, 0.05) is 44.0 Å². The van der Waals surface area contributed by atoms with Gasteiger partial charge in [-0.3, -0.25) is 0 Å². The Kier molecular flexibility index (Phi) is 7.58. The van der Waals surface area contributed by atoms with Gasteiger partial charge >= 0.3 is 0 Å². The van der Waals surface area contributed by atoms with Crippen molar-refractivity contribution in [2.45, 2.75) is 19.3 Å². The first-order valence-electron chi connectivity index (χ1n) is 20.8. The van der Waals surface area contributed by atoms with Crippen LogP contribution in [0.15, 0.2) is 211 Å². The van der Waals surface area contributed by atoms with Gasteiger partial charge in [-0.25, -0.2) is 0 Å². The number of hydrogen-bond donors (Lipinski definition) is 0. The molecule has 0 aliphatic heterocycles. The fourth-order valence-electron chi connectivity index (χ4n) is 10.1.